The first kappa shape index (κ1) is 11.0. The minimum atomic E-state index is -1.66. The average molecular weight is 215 g/mol. The normalized spacial score (nSPS) is 16.9. The molecule has 0 atom stereocenters. The Morgan fingerprint density at radius 1 is 1.50 bits per heavy atom. The van der Waals surface area contributed by atoms with Gasteiger partial charge in [-0.25, -0.2) is 14.5 Å². The van der Waals surface area contributed by atoms with E-state index in [4.69, 9.17) is 0 Å². The Hall–Kier alpha value is -1.04. The van der Waals surface area contributed by atoms with Gasteiger partial charge in [0.05, 0.1) is 0 Å². The van der Waals surface area contributed by atoms with Gasteiger partial charge in [-0.05, 0) is 0 Å². The van der Waals surface area contributed by atoms with Crippen LogP contribution in [-0.2, 0) is 0 Å². The zero-order valence-electron chi connectivity index (χ0n) is 9.13. The number of nitrogens with zero attached hydrogens (tertiary/aromatic N) is 2. The number of carbonyl (C=O) groups excluding carboxylic acids is 2. The van der Waals surface area contributed by atoms with Gasteiger partial charge in [0.25, 0.3) is 0 Å². The van der Waals surface area contributed by atoms with Crippen molar-refractivity contribution in [2.45, 2.75) is 19.6 Å². The van der Waals surface area contributed by atoms with Crippen molar-refractivity contribution in [2.75, 3.05) is 20.1 Å². The first-order chi connectivity index (χ1) is 6.34. The molecular formula is C8H17N3O2Si. The van der Waals surface area contributed by atoms with E-state index >= 15 is 0 Å². The summed E-state index contributed by atoms with van der Waals surface area (Å²) >= 11 is 0. The SMILES string of the molecule is CN(C(=O)N1CCNC1=O)[Si](C)(C)C. The summed E-state index contributed by atoms with van der Waals surface area (Å²) in [5.41, 5.74) is 0. The van der Waals surface area contributed by atoms with E-state index in [0.717, 1.165) is 0 Å². The van der Waals surface area contributed by atoms with E-state index in [1.165, 1.54) is 4.90 Å². The molecule has 4 amide bonds. The highest BCUT2D eigenvalue weighted by atomic mass is 28.3. The zero-order valence-corrected chi connectivity index (χ0v) is 10.1. The van der Waals surface area contributed by atoms with Crippen LogP contribution < -0.4 is 5.32 Å². The molecule has 0 aromatic heterocycles. The maximum Gasteiger partial charge on any atom is 0.325 e. The van der Waals surface area contributed by atoms with Gasteiger partial charge >= 0.3 is 12.1 Å². The second-order valence-corrected chi connectivity index (χ2v) is 9.41. The van der Waals surface area contributed by atoms with Crippen molar-refractivity contribution >= 4 is 20.3 Å². The van der Waals surface area contributed by atoms with Crippen LogP contribution in [0.4, 0.5) is 9.59 Å². The Kier molecular flexibility index (Phi) is 2.84. The average Bonchev–Trinajstić information content (AvgIpc) is 2.47. The smallest absolute Gasteiger partial charge is 0.325 e. The Bertz CT molecular complexity index is 262. The van der Waals surface area contributed by atoms with Crippen LogP contribution in [0.15, 0.2) is 0 Å². The first-order valence-corrected chi connectivity index (χ1v) is 8.12. The molecule has 0 spiro atoms. The van der Waals surface area contributed by atoms with Crippen molar-refractivity contribution in [1.29, 1.82) is 0 Å². The van der Waals surface area contributed by atoms with E-state index in [1.54, 1.807) is 11.6 Å². The van der Waals surface area contributed by atoms with Crippen LogP contribution in [0, 0.1) is 0 Å². The number of hydrogen-bond donors (Lipinski definition) is 1. The number of imide groups is 1. The molecule has 1 saturated heterocycles. The van der Waals surface area contributed by atoms with Gasteiger partial charge < -0.3 is 9.88 Å². The maximum atomic E-state index is 11.8. The highest BCUT2D eigenvalue weighted by Crippen LogP contribution is 2.11. The Morgan fingerprint density at radius 3 is 2.43 bits per heavy atom. The quantitative estimate of drug-likeness (QED) is 0.661. The number of hydrogen-bond acceptors (Lipinski definition) is 2. The van der Waals surface area contributed by atoms with Crippen LogP contribution in [0.25, 0.3) is 0 Å². The second-order valence-electron chi connectivity index (χ2n) is 4.40. The molecule has 14 heavy (non-hydrogen) atoms. The number of carbonyl (C=O) groups is 2. The van der Waals surface area contributed by atoms with E-state index in [1.807, 2.05) is 0 Å². The first-order valence-electron chi connectivity index (χ1n) is 4.67. The van der Waals surface area contributed by atoms with Crippen LogP contribution in [0.2, 0.25) is 19.6 Å². The predicted molar refractivity (Wildman–Crippen MR) is 56.6 cm³/mol. The third-order valence-electron chi connectivity index (χ3n) is 2.38. The predicted octanol–water partition coefficient (Wildman–Crippen LogP) is 0.898. The van der Waals surface area contributed by atoms with E-state index < -0.39 is 8.24 Å². The lowest BCUT2D eigenvalue weighted by atomic mass is 10.6. The molecule has 1 N–H and O–H groups in total. The molecule has 0 unspecified atom stereocenters. The summed E-state index contributed by atoms with van der Waals surface area (Å²) in [6.45, 7) is 7.24. The van der Waals surface area contributed by atoms with Crippen molar-refractivity contribution < 1.29 is 9.59 Å². The molecule has 80 valence electrons. The van der Waals surface area contributed by atoms with Gasteiger partial charge in [-0.3, -0.25) is 0 Å². The van der Waals surface area contributed by atoms with Gasteiger partial charge in [-0.2, -0.15) is 0 Å². The summed E-state index contributed by atoms with van der Waals surface area (Å²) in [5, 5.41) is 2.61. The minimum absolute atomic E-state index is 0.181. The molecular weight excluding hydrogens is 198 g/mol. The number of nitrogens with one attached hydrogen (secondary N) is 1. The van der Waals surface area contributed by atoms with Crippen molar-refractivity contribution in [2.24, 2.45) is 0 Å². The van der Waals surface area contributed by atoms with Gasteiger partial charge in [0, 0.05) is 20.1 Å². The van der Waals surface area contributed by atoms with Crippen molar-refractivity contribution in [3.63, 3.8) is 0 Å². The van der Waals surface area contributed by atoms with E-state index in [2.05, 4.69) is 25.0 Å². The maximum absolute atomic E-state index is 11.8. The molecule has 1 fully saturated rings. The summed E-state index contributed by atoms with van der Waals surface area (Å²) in [7, 11) is 0.105. The molecule has 5 nitrogen and oxygen atoms in total. The molecule has 0 aliphatic carbocycles. The second kappa shape index (κ2) is 3.60. The molecule has 6 heteroatoms. The van der Waals surface area contributed by atoms with Gasteiger partial charge in [0.1, 0.15) is 0 Å². The highest BCUT2D eigenvalue weighted by molar-refractivity contribution is 6.75. The van der Waals surface area contributed by atoms with Gasteiger partial charge in [0.2, 0.25) is 0 Å². The molecule has 0 aromatic carbocycles. The Balaban J connectivity index is 2.70. The topological polar surface area (TPSA) is 52.7 Å². The summed E-state index contributed by atoms with van der Waals surface area (Å²) in [6, 6.07) is -0.459. The monoisotopic (exact) mass is 215 g/mol. The third-order valence-corrected chi connectivity index (χ3v) is 4.58. The lowest BCUT2D eigenvalue weighted by Gasteiger charge is -2.32. The summed E-state index contributed by atoms with van der Waals surface area (Å²) in [6.07, 6.45) is 0. The van der Waals surface area contributed by atoms with Crippen LogP contribution in [0.1, 0.15) is 0 Å². The van der Waals surface area contributed by atoms with Gasteiger partial charge in [-0.15, -0.1) is 0 Å². The molecule has 0 radical (unpaired) electrons. The molecule has 1 aliphatic heterocycles. The fourth-order valence-corrected chi connectivity index (χ4v) is 1.82. The van der Waals surface area contributed by atoms with Crippen LogP contribution >= 0.6 is 0 Å². The fourth-order valence-electron chi connectivity index (χ4n) is 1.12. The van der Waals surface area contributed by atoms with E-state index in [9.17, 15) is 9.59 Å². The molecule has 0 saturated carbocycles. The van der Waals surface area contributed by atoms with E-state index in [-0.39, 0.29) is 12.1 Å². The minimum Gasteiger partial charge on any atom is -0.355 e. The van der Waals surface area contributed by atoms with E-state index in [0.29, 0.717) is 13.1 Å². The summed E-state index contributed by atoms with van der Waals surface area (Å²) < 4.78 is 1.71. The lowest BCUT2D eigenvalue weighted by molar-refractivity contribution is 0.187. The number of amides is 4. The molecule has 1 aliphatic rings. The molecule has 1 heterocycles. The summed E-state index contributed by atoms with van der Waals surface area (Å²) in [5.74, 6) is 0. The fraction of sp³-hybridized carbons (Fsp3) is 0.750. The van der Waals surface area contributed by atoms with Gasteiger partial charge in [0.15, 0.2) is 8.24 Å². The zero-order chi connectivity index (χ0) is 10.9. The van der Waals surface area contributed by atoms with Gasteiger partial charge in [-0.1, -0.05) is 19.6 Å². The molecule has 0 bridgehead atoms. The van der Waals surface area contributed by atoms with Crippen molar-refractivity contribution in [3.05, 3.63) is 0 Å². The lowest BCUT2D eigenvalue weighted by Crippen LogP contribution is -2.53. The van der Waals surface area contributed by atoms with Crippen LogP contribution in [-0.4, -0.2) is 49.9 Å². The summed E-state index contributed by atoms with van der Waals surface area (Å²) in [4.78, 5) is 24.3. The standard InChI is InChI=1S/C8H17N3O2Si/c1-10(14(2,3)4)8(13)11-6-5-9-7(11)12/h5-6H2,1-4H3,(H,9,12). The van der Waals surface area contributed by atoms with Crippen molar-refractivity contribution in [1.82, 2.24) is 14.8 Å². The Labute approximate surface area is 85.1 Å². The highest BCUT2D eigenvalue weighted by Gasteiger charge is 2.33. The molecule has 1 rings (SSSR count). The third kappa shape index (κ3) is 2.06. The van der Waals surface area contributed by atoms with Crippen LogP contribution in [0.5, 0.6) is 0 Å². The van der Waals surface area contributed by atoms with Crippen molar-refractivity contribution in [3.8, 4) is 0 Å². The van der Waals surface area contributed by atoms with Crippen LogP contribution in [0.3, 0.4) is 0 Å². The Morgan fingerprint density at radius 2 is 2.07 bits per heavy atom. The largest absolute Gasteiger partial charge is 0.355 e. The number of urea groups is 2. The molecule has 0 aromatic rings. The number of rotatable bonds is 1.